The summed E-state index contributed by atoms with van der Waals surface area (Å²) in [5, 5.41) is 16.3. The first-order valence-corrected chi connectivity index (χ1v) is 10.7. The Kier molecular flexibility index (Phi) is 5.28. The molecule has 3 heterocycles. The quantitative estimate of drug-likeness (QED) is 0.399. The molecule has 2 aromatic carbocycles. The molecule has 0 aliphatic carbocycles. The van der Waals surface area contributed by atoms with E-state index in [4.69, 9.17) is 0 Å². The largest absolute Gasteiger partial charge is 0.338 e. The number of rotatable bonds is 4. The van der Waals surface area contributed by atoms with Gasteiger partial charge in [-0.1, -0.05) is 36.4 Å². The molecule has 3 aromatic rings. The van der Waals surface area contributed by atoms with Crippen LogP contribution in [0, 0.1) is 10.1 Å². The molecule has 0 unspecified atom stereocenters. The number of carbonyl (C=O) groups excluding carboxylic acids is 2. The second-order valence-corrected chi connectivity index (χ2v) is 8.16. The summed E-state index contributed by atoms with van der Waals surface area (Å²) in [6.45, 7) is 1.18. The van der Waals surface area contributed by atoms with Crippen LogP contribution in [0.15, 0.2) is 53.3 Å². The van der Waals surface area contributed by atoms with E-state index in [2.05, 4.69) is 26.7 Å². The van der Waals surface area contributed by atoms with Crippen LogP contribution in [0.1, 0.15) is 29.0 Å². The van der Waals surface area contributed by atoms with Gasteiger partial charge in [0.05, 0.1) is 16.4 Å². The summed E-state index contributed by atoms with van der Waals surface area (Å²) in [7, 11) is 0. The number of nitrogens with zero attached hydrogens (tertiary/aromatic N) is 3. The van der Waals surface area contributed by atoms with Crippen LogP contribution in [0.3, 0.4) is 0 Å². The lowest BCUT2D eigenvalue weighted by Gasteiger charge is -2.30. The van der Waals surface area contributed by atoms with Crippen LogP contribution >= 0.6 is 0 Å². The molecule has 0 fully saturated rings. The molecule has 1 atom stereocenters. The zero-order valence-electron chi connectivity index (χ0n) is 17.9. The predicted octanol–water partition coefficient (Wildman–Crippen LogP) is 2.31. The van der Waals surface area contributed by atoms with Crippen LogP contribution in [0.25, 0.3) is 0 Å². The molecule has 0 bridgehead atoms. The summed E-state index contributed by atoms with van der Waals surface area (Å²) in [6, 6.07) is 13.7. The molecule has 2 amide bonds. The second-order valence-electron chi connectivity index (χ2n) is 8.16. The molecule has 11 heteroatoms. The first-order valence-electron chi connectivity index (χ1n) is 10.7. The first-order chi connectivity index (χ1) is 16.4. The first kappa shape index (κ1) is 21.3. The van der Waals surface area contributed by atoms with Crippen LogP contribution in [0.2, 0.25) is 0 Å². The molecule has 11 nitrogen and oxygen atoms in total. The van der Waals surface area contributed by atoms with Crippen molar-refractivity contribution in [2.75, 3.05) is 22.1 Å². The van der Waals surface area contributed by atoms with Crippen LogP contribution in [-0.4, -0.2) is 33.3 Å². The molecule has 172 valence electrons. The van der Waals surface area contributed by atoms with Gasteiger partial charge in [0.2, 0.25) is 17.8 Å². The fourth-order valence-corrected chi connectivity index (χ4v) is 4.37. The van der Waals surface area contributed by atoms with Gasteiger partial charge in [0, 0.05) is 25.6 Å². The van der Waals surface area contributed by atoms with Crippen molar-refractivity contribution in [3.05, 3.63) is 85.7 Å². The lowest BCUT2D eigenvalue weighted by Crippen LogP contribution is -2.39. The summed E-state index contributed by atoms with van der Waals surface area (Å²) < 4.78 is 0. The fraction of sp³-hybridized carbons (Fsp3) is 0.217. The summed E-state index contributed by atoms with van der Waals surface area (Å²) in [6.07, 6.45) is 0.505. The Morgan fingerprint density at radius 2 is 1.85 bits per heavy atom. The lowest BCUT2D eigenvalue weighted by molar-refractivity contribution is -0.383. The van der Waals surface area contributed by atoms with E-state index in [1.807, 2.05) is 23.1 Å². The molecule has 1 aromatic heterocycles. The van der Waals surface area contributed by atoms with Crippen molar-refractivity contribution in [1.29, 1.82) is 0 Å². The molecule has 0 spiro atoms. The van der Waals surface area contributed by atoms with E-state index in [0.717, 1.165) is 12.0 Å². The highest BCUT2D eigenvalue weighted by atomic mass is 16.6. The zero-order valence-corrected chi connectivity index (χ0v) is 17.9. The van der Waals surface area contributed by atoms with Crippen LogP contribution in [-0.2, 0) is 22.6 Å². The average Bonchev–Trinajstić information content (AvgIpc) is 2.83. The van der Waals surface area contributed by atoms with Crippen LogP contribution < -0.4 is 21.1 Å². The van der Waals surface area contributed by atoms with E-state index < -0.39 is 28.2 Å². The zero-order chi connectivity index (χ0) is 23.8. The molecule has 2 aliphatic rings. The second kappa shape index (κ2) is 8.43. The fourth-order valence-electron chi connectivity index (χ4n) is 4.37. The van der Waals surface area contributed by atoms with E-state index in [-0.39, 0.29) is 29.2 Å². The van der Waals surface area contributed by atoms with Crippen molar-refractivity contribution in [2.45, 2.75) is 25.3 Å². The Morgan fingerprint density at radius 3 is 2.65 bits per heavy atom. The van der Waals surface area contributed by atoms with Gasteiger partial charge in [-0.15, -0.1) is 0 Å². The summed E-state index contributed by atoms with van der Waals surface area (Å²) >= 11 is 0. The lowest BCUT2D eigenvalue weighted by atomic mass is 9.92. The number of hydrogen-bond donors (Lipinski definition) is 3. The number of nitro groups is 1. The van der Waals surface area contributed by atoms with Gasteiger partial charge in [-0.05, 0) is 23.6 Å². The van der Waals surface area contributed by atoms with Crippen LogP contribution in [0.5, 0.6) is 0 Å². The van der Waals surface area contributed by atoms with Crippen molar-refractivity contribution in [3.63, 3.8) is 0 Å². The van der Waals surface area contributed by atoms with Crippen LogP contribution in [0.4, 0.5) is 23.1 Å². The Labute approximate surface area is 193 Å². The van der Waals surface area contributed by atoms with Gasteiger partial charge < -0.3 is 15.5 Å². The number of aromatic amines is 1. The van der Waals surface area contributed by atoms with Gasteiger partial charge in [-0.2, -0.15) is 4.98 Å². The number of nitro benzene ring substituents is 1. The number of H-pyrrole nitrogens is 1. The number of benzene rings is 2. The van der Waals surface area contributed by atoms with Gasteiger partial charge in [0.15, 0.2) is 0 Å². The van der Waals surface area contributed by atoms with E-state index >= 15 is 0 Å². The maximum Gasteiger partial charge on any atom is 0.292 e. The van der Waals surface area contributed by atoms with E-state index in [0.29, 0.717) is 19.0 Å². The van der Waals surface area contributed by atoms with Crippen molar-refractivity contribution in [2.24, 2.45) is 0 Å². The number of aromatic nitrogens is 2. The molecular weight excluding hydrogens is 440 g/mol. The summed E-state index contributed by atoms with van der Waals surface area (Å²) in [5.74, 6) is -1.98. The van der Waals surface area contributed by atoms with Gasteiger partial charge in [0.1, 0.15) is 11.5 Å². The minimum Gasteiger partial charge on any atom is -0.338 e. The molecule has 34 heavy (non-hydrogen) atoms. The Balaban J connectivity index is 1.46. The molecule has 3 N–H and O–H groups in total. The maximum atomic E-state index is 13.1. The van der Waals surface area contributed by atoms with E-state index in [9.17, 15) is 24.5 Å². The minimum atomic E-state index is -1.14. The van der Waals surface area contributed by atoms with E-state index in [1.54, 1.807) is 6.07 Å². The number of para-hydroxylation sites is 2. The Hall–Kier alpha value is -4.54. The van der Waals surface area contributed by atoms with E-state index in [1.165, 1.54) is 23.8 Å². The number of amides is 2. The highest BCUT2D eigenvalue weighted by Gasteiger charge is 2.36. The molecule has 0 saturated carbocycles. The van der Waals surface area contributed by atoms with Crippen molar-refractivity contribution in [3.8, 4) is 0 Å². The van der Waals surface area contributed by atoms with Gasteiger partial charge in [-0.3, -0.25) is 29.5 Å². The van der Waals surface area contributed by atoms with Crippen molar-refractivity contribution in [1.82, 2.24) is 9.97 Å². The number of fused-ring (bicyclic) bond motifs is 2. The average molecular weight is 460 g/mol. The highest BCUT2D eigenvalue weighted by Crippen LogP contribution is 2.32. The highest BCUT2D eigenvalue weighted by molar-refractivity contribution is 6.05. The maximum absolute atomic E-state index is 13.1. The SMILES string of the molecule is O=C1C[C@@H](C(=O)Nc2ccccc2[N+](=O)[O-])c2c(nc(N3CCc4ccccc4C3)[nH]c2=O)N1. The molecule has 0 saturated heterocycles. The number of nitrogens with one attached hydrogen (secondary N) is 3. The number of hydrogen-bond acceptors (Lipinski definition) is 7. The topological polar surface area (TPSA) is 150 Å². The third kappa shape index (κ3) is 3.87. The number of anilines is 3. The molecule has 0 radical (unpaired) electrons. The molecule has 2 aliphatic heterocycles. The smallest absolute Gasteiger partial charge is 0.292 e. The normalized spacial score (nSPS) is 16.8. The summed E-state index contributed by atoms with van der Waals surface area (Å²) in [5.41, 5.74) is 1.54. The van der Waals surface area contributed by atoms with Gasteiger partial charge in [0.25, 0.3) is 11.2 Å². The summed E-state index contributed by atoms with van der Waals surface area (Å²) in [4.78, 5) is 58.2. The third-order valence-corrected chi connectivity index (χ3v) is 6.04. The van der Waals surface area contributed by atoms with Crippen molar-refractivity contribution >= 4 is 35.0 Å². The monoisotopic (exact) mass is 460 g/mol. The number of carbonyl (C=O) groups is 2. The van der Waals surface area contributed by atoms with Gasteiger partial charge >= 0.3 is 0 Å². The van der Waals surface area contributed by atoms with Gasteiger partial charge in [-0.25, -0.2) is 0 Å². The molecular formula is C23H20N6O5. The predicted molar refractivity (Wildman–Crippen MR) is 124 cm³/mol. The van der Waals surface area contributed by atoms with Crippen molar-refractivity contribution < 1.29 is 14.5 Å². The standard InChI is InChI=1S/C23H20N6O5/c30-18-11-15(21(31)24-16-7-3-4-8-17(16)29(33)34)19-20(25-18)26-23(27-22(19)32)28-10-9-13-5-1-2-6-14(13)12-28/h1-8,15H,9-12H2,(H,24,31)(H2,25,26,27,30,32)/t15-/m1/s1. The Morgan fingerprint density at radius 1 is 1.12 bits per heavy atom. The molecule has 5 rings (SSSR count). The third-order valence-electron chi connectivity index (χ3n) is 6.04. The minimum absolute atomic E-state index is 0.0157. The Bertz CT molecular complexity index is 1380.